The minimum absolute atomic E-state index is 0. The number of piperidine rings is 2. The molecule has 9 rings (SSSR count). The van der Waals surface area contributed by atoms with Gasteiger partial charge >= 0.3 is 0 Å². The highest BCUT2D eigenvalue weighted by Crippen LogP contribution is 2.37. The predicted octanol–water partition coefficient (Wildman–Crippen LogP) is 7.18. The largest absolute Gasteiger partial charge is 0.494 e. The summed E-state index contributed by atoms with van der Waals surface area (Å²) in [6, 6.07) is 21.5. The standard InChI is InChI=1S/C57H70N10O10.ClH/c68-50(60-46-13-9-12-43-45(46)38-67(55(43)72)48-16-18-51(69)62-54(48)71)14-4-3-6-29-74-33-35-75-34-32-73-28-5-1-2-7-30-76-42-15-17-49-44(37-42)47(21-31-77-49)61-53(70)40-10-8-11-41(36-40)64-57(22-26-59-27-23-57)56-63-52(65-66-56)39-19-24-58-25-20-39;/h8-13,15,17,19-20,24-25,36-37,47-48,59,64H,1-7,14,16,18,21-23,26-35,38H2,(H,60,68)(H,61,70)(H,62,69,71)(H,63,65,66);1H/t47-,48?;/m1./s1. The third-order valence-corrected chi connectivity index (χ3v) is 14.4. The number of anilines is 2. The first-order chi connectivity index (χ1) is 37.7. The van der Waals surface area contributed by atoms with Crippen LogP contribution in [-0.4, -0.2) is 127 Å². The van der Waals surface area contributed by atoms with Crippen molar-refractivity contribution >= 4 is 53.3 Å². The monoisotopic (exact) mass is 1090 g/mol. The number of hydrogen-bond acceptors (Lipinski definition) is 15. The molecule has 2 fully saturated rings. The SMILES string of the molecule is Cl.O=C1CCC(N2Cc3c(NC(=O)CCCCCOCCOCCOCCCCCCOc4ccc5c(c4)[C@H](NC(=O)c4cccc(NC6(c7nc(-c8ccncc8)n[nH]7)CCNCC6)c4)CCO5)cccc3C2=O)C(=O)N1. The average Bonchev–Trinajstić information content (AvgIpc) is 4.24. The van der Waals surface area contributed by atoms with E-state index in [1.807, 2.05) is 54.6 Å². The highest BCUT2D eigenvalue weighted by molar-refractivity contribution is 6.07. The molecule has 416 valence electrons. The minimum Gasteiger partial charge on any atom is -0.494 e. The van der Waals surface area contributed by atoms with E-state index in [0.29, 0.717) is 100 Å². The predicted molar refractivity (Wildman–Crippen MR) is 293 cm³/mol. The van der Waals surface area contributed by atoms with E-state index < -0.39 is 17.5 Å². The molecule has 0 saturated carbocycles. The Morgan fingerprint density at radius 3 is 2.29 bits per heavy atom. The number of fused-ring (bicyclic) bond motifs is 2. The van der Waals surface area contributed by atoms with Crippen molar-refractivity contribution in [3.8, 4) is 22.9 Å². The van der Waals surface area contributed by atoms with Gasteiger partial charge in [0.2, 0.25) is 17.7 Å². The smallest absolute Gasteiger partial charge is 0.255 e. The van der Waals surface area contributed by atoms with E-state index in [9.17, 15) is 24.0 Å². The number of aromatic nitrogens is 4. The van der Waals surface area contributed by atoms with Gasteiger partial charge in [-0.2, -0.15) is 5.10 Å². The molecule has 4 aliphatic rings. The maximum Gasteiger partial charge on any atom is 0.255 e. The molecule has 1 unspecified atom stereocenters. The Morgan fingerprint density at radius 1 is 0.795 bits per heavy atom. The third-order valence-electron chi connectivity index (χ3n) is 14.4. The summed E-state index contributed by atoms with van der Waals surface area (Å²) in [7, 11) is 0. The fraction of sp³-hybridized carbons (Fsp3) is 0.474. The van der Waals surface area contributed by atoms with Gasteiger partial charge in [0.15, 0.2) is 11.6 Å². The normalized spacial score (nSPS) is 17.5. The van der Waals surface area contributed by atoms with Crippen LogP contribution in [0.15, 0.2) is 85.2 Å². The second-order valence-electron chi connectivity index (χ2n) is 19.8. The Kier molecular flexibility index (Phi) is 21.0. The lowest BCUT2D eigenvalue weighted by molar-refractivity contribution is -0.137. The number of rotatable bonds is 28. The van der Waals surface area contributed by atoms with E-state index in [2.05, 4.69) is 41.8 Å². The zero-order valence-electron chi connectivity index (χ0n) is 44.0. The van der Waals surface area contributed by atoms with Crippen molar-refractivity contribution in [3.05, 3.63) is 113 Å². The van der Waals surface area contributed by atoms with Gasteiger partial charge in [-0.1, -0.05) is 25.0 Å². The number of nitrogens with zero attached hydrogens (tertiary/aromatic N) is 4. The lowest BCUT2D eigenvalue weighted by atomic mass is 9.87. The van der Waals surface area contributed by atoms with E-state index >= 15 is 0 Å². The molecule has 6 heterocycles. The van der Waals surface area contributed by atoms with Crippen LogP contribution in [0.2, 0.25) is 0 Å². The molecule has 21 heteroatoms. The van der Waals surface area contributed by atoms with Gasteiger partial charge in [-0.05, 0) is 125 Å². The van der Waals surface area contributed by atoms with E-state index in [-0.39, 0.29) is 61.5 Å². The van der Waals surface area contributed by atoms with Crippen molar-refractivity contribution < 1.29 is 47.7 Å². The van der Waals surface area contributed by atoms with Crippen molar-refractivity contribution in [2.75, 3.05) is 76.6 Å². The summed E-state index contributed by atoms with van der Waals surface area (Å²) in [5, 5.41) is 23.4. The number of unbranched alkanes of at least 4 members (excludes halogenated alkanes) is 5. The maximum absolute atomic E-state index is 13.8. The molecule has 0 bridgehead atoms. The van der Waals surface area contributed by atoms with Crippen LogP contribution in [0.25, 0.3) is 11.4 Å². The van der Waals surface area contributed by atoms with Gasteiger partial charge in [-0.3, -0.25) is 39.4 Å². The second kappa shape index (κ2) is 28.6. The third kappa shape index (κ3) is 15.2. The molecule has 4 aliphatic heterocycles. The van der Waals surface area contributed by atoms with Gasteiger partial charge in [0.05, 0.1) is 51.2 Å². The lowest BCUT2D eigenvalue weighted by Gasteiger charge is -2.37. The van der Waals surface area contributed by atoms with Gasteiger partial charge in [-0.25, -0.2) is 4.98 Å². The number of ether oxygens (including phenoxy) is 5. The zero-order valence-corrected chi connectivity index (χ0v) is 44.8. The van der Waals surface area contributed by atoms with Crippen LogP contribution in [0.3, 0.4) is 0 Å². The number of halogens is 1. The number of aromatic amines is 1. The Morgan fingerprint density at radius 2 is 1.53 bits per heavy atom. The molecular weight excluding hydrogens is 1020 g/mol. The van der Waals surface area contributed by atoms with Crippen molar-refractivity contribution in [2.24, 2.45) is 0 Å². The molecule has 6 N–H and O–H groups in total. The van der Waals surface area contributed by atoms with Gasteiger partial charge in [-0.15, -0.1) is 12.4 Å². The topological polar surface area (TPSA) is 249 Å². The first-order valence-corrected chi connectivity index (χ1v) is 27.2. The first-order valence-electron chi connectivity index (χ1n) is 27.2. The molecule has 2 atom stereocenters. The Labute approximate surface area is 460 Å². The highest BCUT2D eigenvalue weighted by atomic mass is 35.5. The van der Waals surface area contributed by atoms with Crippen LogP contribution in [0.4, 0.5) is 11.4 Å². The van der Waals surface area contributed by atoms with Crippen LogP contribution in [-0.2, 0) is 40.7 Å². The van der Waals surface area contributed by atoms with Crippen LogP contribution in [0, 0.1) is 0 Å². The van der Waals surface area contributed by atoms with Gasteiger partial charge in [0.25, 0.3) is 11.8 Å². The first kappa shape index (κ1) is 57.2. The molecule has 5 aromatic rings. The van der Waals surface area contributed by atoms with Crippen molar-refractivity contribution in [3.63, 3.8) is 0 Å². The van der Waals surface area contributed by atoms with Crippen molar-refractivity contribution in [1.29, 1.82) is 0 Å². The van der Waals surface area contributed by atoms with Crippen LogP contribution >= 0.6 is 12.4 Å². The number of carbonyl (C=O) groups is 5. The van der Waals surface area contributed by atoms with E-state index in [0.717, 1.165) is 98.6 Å². The fourth-order valence-corrected chi connectivity index (χ4v) is 10.2. The summed E-state index contributed by atoms with van der Waals surface area (Å²) in [6.45, 7) is 6.16. The zero-order chi connectivity index (χ0) is 53.2. The van der Waals surface area contributed by atoms with Gasteiger partial charge < -0.3 is 49.9 Å². The average molecular weight is 1090 g/mol. The number of nitrogens with one attached hydrogen (secondary N) is 6. The van der Waals surface area contributed by atoms with E-state index in [1.54, 1.807) is 30.6 Å². The molecule has 2 saturated heterocycles. The van der Waals surface area contributed by atoms with Gasteiger partial charge in [0.1, 0.15) is 17.5 Å². The number of carbonyl (C=O) groups excluding carboxylic acids is 5. The van der Waals surface area contributed by atoms with Crippen LogP contribution in [0.1, 0.15) is 127 Å². The molecule has 0 radical (unpaired) electrons. The second-order valence-corrected chi connectivity index (χ2v) is 19.8. The number of pyridine rings is 1. The van der Waals surface area contributed by atoms with Crippen molar-refractivity contribution in [1.82, 2.24) is 41.0 Å². The molecule has 78 heavy (non-hydrogen) atoms. The van der Waals surface area contributed by atoms with Gasteiger partial charge in [0, 0.05) is 90.6 Å². The number of benzene rings is 3. The maximum atomic E-state index is 13.8. The summed E-state index contributed by atoms with van der Waals surface area (Å²) < 4.78 is 29.3. The Bertz CT molecular complexity index is 2810. The summed E-state index contributed by atoms with van der Waals surface area (Å²) in [4.78, 5) is 74.2. The quantitative estimate of drug-likeness (QED) is 0.0214. The molecule has 5 amide bonds. The molecule has 20 nitrogen and oxygen atoms in total. The van der Waals surface area contributed by atoms with Crippen molar-refractivity contribution in [2.45, 2.75) is 108 Å². The Hall–Kier alpha value is -6.97. The van der Waals surface area contributed by atoms with Crippen LogP contribution in [0.5, 0.6) is 11.5 Å². The molecule has 3 aromatic carbocycles. The van der Waals surface area contributed by atoms with Crippen LogP contribution < -0.4 is 36.1 Å². The number of amides is 5. The Balaban J connectivity index is 0.00000803. The fourth-order valence-electron chi connectivity index (χ4n) is 10.2. The molecule has 0 aliphatic carbocycles. The van der Waals surface area contributed by atoms with E-state index in [1.165, 1.54) is 4.90 Å². The van der Waals surface area contributed by atoms with E-state index in [4.69, 9.17) is 28.7 Å². The highest BCUT2D eigenvalue weighted by Gasteiger charge is 2.40. The minimum atomic E-state index is -0.708. The molecule has 0 spiro atoms. The molecule has 2 aromatic heterocycles. The summed E-state index contributed by atoms with van der Waals surface area (Å²) in [6.07, 6.45) is 12.7. The summed E-state index contributed by atoms with van der Waals surface area (Å²) in [5.74, 6) is 1.49. The number of H-pyrrole nitrogens is 1. The number of imide groups is 1. The summed E-state index contributed by atoms with van der Waals surface area (Å²) >= 11 is 0. The lowest BCUT2D eigenvalue weighted by Crippen LogP contribution is -2.52. The number of hydrogen-bond donors (Lipinski definition) is 6. The molecular formula is C57H71ClN10O10. The summed E-state index contributed by atoms with van der Waals surface area (Å²) in [5.41, 5.74) is 4.39.